The summed E-state index contributed by atoms with van der Waals surface area (Å²) in [6.07, 6.45) is 0.940. The molecule has 1 heterocycles. The molecule has 5 nitrogen and oxygen atoms in total. The molecule has 0 spiro atoms. The number of anilines is 1. The Morgan fingerprint density at radius 2 is 1.92 bits per heavy atom. The number of methoxy groups -OCH3 is 2. The van der Waals surface area contributed by atoms with E-state index >= 15 is 0 Å². The van der Waals surface area contributed by atoms with E-state index in [1.165, 1.54) is 5.56 Å². The van der Waals surface area contributed by atoms with Gasteiger partial charge >= 0.3 is 6.03 Å². The highest BCUT2D eigenvalue weighted by atomic mass is 32.2. The van der Waals surface area contributed by atoms with Gasteiger partial charge in [0.15, 0.2) is 0 Å². The molecule has 3 rings (SSSR count). The van der Waals surface area contributed by atoms with Crippen LogP contribution in [0.15, 0.2) is 42.5 Å². The van der Waals surface area contributed by atoms with Crippen molar-refractivity contribution < 1.29 is 14.3 Å². The van der Waals surface area contributed by atoms with Crippen LogP contribution in [0.1, 0.15) is 23.4 Å². The van der Waals surface area contributed by atoms with Gasteiger partial charge in [-0.3, -0.25) is 0 Å². The number of urea groups is 1. The molecule has 0 aliphatic carbocycles. The molecule has 6 heteroatoms. The standard InChI is InChI=1S/C20H24N2O3S/c1-4-14-6-5-7-16(10-14)21-20(23)22-8-9-26-19(22)15-11-17(24-2)13-18(12-15)25-3/h5-7,10-13,19H,4,8-9H2,1-3H3,(H,21,23). The predicted octanol–water partition coefficient (Wildman–Crippen LogP) is 4.55. The van der Waals surface area contributed by atoms with E-state index in [-0.39, 0.29) is 11.4 Å². The number of carbonyl (C=O) groups excluding carboxylic acids is 1. The summed E-state index contributed by atoms with van der Waals surface area (Å²) in [4.78, 5) is 14.7. The van der Waals surface area contributed by atoms with Gasteiger partial charge in [-0.15, -0.1) is 11.8 Å². The largest absolute Gasteiger partial charge is 0.497 e. The number of aryl methyl sites for hydroxylation is 1. The van der Waals surface area contributed by atoms with Crippen LogP contribution in [0.5, 0.6) is 11.5 Å². The first-order chi connectivity index (χ1) is 12.6. The van der Waals surface area contributed by atoms with Crippen LogP contribution in [0.4, 0.5) is 10.5 Å². The third kappa shape index (κ3) is 4.07. The highest BCUT2D eigenvalue weighted by Crippen LogP contribution is 2.40. The zero-order chi connectivity index (χ0) is 18.5. The molecule has 0 radical (unpaired) electrons. The zero-order valence-corrected chi connectivity index (χ0v) is 16.1. The normalized spacial score (nSPS) is 16.4. The molecule has 26 heavy (non-hydrogen) atoms. The van der Waals surface area contributed by atoms with E-state index in [9.17, 15) is 4.79 Å². The van der Waals surface area contributed by atoms with Gasteiger partial charge in [0.2, 0.25) is 0 Å². The van der Waals surface area contributed by atoms with Crippen molar-refractivity contribution in [1.29, 1.82) is 0 Å². The number of hydrogen-bond donors (Lipinski definition) is 1. The monoisotopic (exact) mass is 372 g/mol. The quantitative estimate of drug-likeness (QED) is 0.837. The van der Waals surface area contributed by atoms with Crippen LogP contribution in [-0.4, -0.2) is 37.4 Å². The summed E-state index contributed by atoms with van der Waals surface area (Å²) in [6, 6.07) is 13.6. The minimum Gasteiger partial charge on any atom is -0.497 e. The number of amides is 2. The van der Waals surface area contributed by atoms with E-state index in [4.69, 9.17) is 9.47 Å². The van der Waals surface area contributed by atoms with Crippen LogP contribution in [0.2, 0.25) is 0 Å². The summed E-state index contributed by atoms with van der Waals surface area (Å²) in [6.45, 7) is 2.80. The maximum atomic E-state index is 12.8. The fourth-order valence-electron chi connectivity index (χ4n) is 2.99. The summed E-state index contributed by atoms with van der Waals surface area (Å²) in [7, 11) is 3.26. The van der Waals surface area contributed by atoms with Crippen LogP contribution in [0.3, 0.4) is 0 Å². The molecule has 1 fully saturated rings. The van der Waals surface area contributed by atoms with E-state index in [1.807, 2.05) is 41.3 Å². The molecule has 2 aromatic rings. The van der Waals surface area contributed by atoms with E-state index in [0.29, 0.717) is 6.54 Å². The number of ether oxygens (including phenoxy) is 2. The summed E-state index contributed by atoms with van der Waals surface area (Å²) in [5.74, 6) is 2.35. The lowest BCUT2D eigenvalue weighted by Gasteiger charge is -2.25. The van der Waals surface area contributed by atoms with E-state index in [2.05, 4.69) is 18.3 Å². The Balaban J connectivity index is 1.80. The average Bonchev–Trinajstić information content (AvgIpc) is 3.17. The topological polar surface area (TPSA) is 50.8 Å². The minimum atomic E-state index is -0.0879. The van der Waals surface area contributed by atoms with Crippen LogP contribution in [0.25, 0.3) is 0 Å². The van der Waals surface area contributed by atoms with Crippen LogP contribution < -0.4 is 14.8 Å². The second-order valence-corrected chi connectivity index (χ2v) is 7.23. The number of nitrogens with zero attached hydrogens (tertiary/aromatic N) is 1. The van der Waals surface area contributed by atoms with Crippen molar-refractivity contribution in [2.24, 2.45) is 0 Å². The fraction of sp³-hybridized carbons (Fsp3) is 0.350. The molecule has 1 atom stereocenters. The predicted molar refractivity (Wildman–Crippen MR) is 106 cm³/mol. The van der Waals surface area contributed by atoms with E-state index in [0.717, 1.165) is 34.9 Å². The number of nitrogens with one attached hydrogen (secondary N) is 1. The summed E-state index contributed by atoms with van der Waals surface area (Å²) >= 11 is 1.74. The molecule has 1 N–H and O–H groups in total. The first-order valence-corrected chi connectivity index (χ1v) is 9.70. The third-order valence-electron chi connectivity index (χ3n) is 4.40. The first kappa shape index (κ1) is 18.5. The van der Waals surface area contributed by atoms with Gasteiger partial charge in [0, 0.05) is 24.1 Å². The van der Waals surface area contributed by atoms with Crippen LogP contribution in [-0.2, 0) is 6.42 Å². The number of benzene rings is 2. The van der Waals surface area contributed by atoms with Gasteiger partial charge in [-0.05, 0) is 41.8 Å². The van der Waals surface area contributed by atoms with Crippen LogP contribution >= 0.6 is 11.8 Å². The molecule has 2 amide bonds. The van der Waals surface area contributed by atoms with Gasteiger partial charge in [-0.1, -0.05) is 19.1 Å². The molecule has 138 valence electrons. The molecule has 0 aromatic heterocycles. The maximum absolute atomic E-state index is 12.8. The second kappa shape index (κ2) is 8.36. The Kier molecular flexibility index (Phi) is 5.93. The molecule has 1 saturated heterocycles. The zero-order valence-electron chi connectivity index (χ0n) is 15.3. The Hall–Kier alpha value is -2.34. The molecule has 1 unspecified atom stereocenters. The number of thioether (sulfide) groups is 1. The fourth-order valence-corrected chi connectivity index (χ4v) is 4.23. The second-order valence-electron chi connectivity index (χ2n) is 6.05. The molecule has 1 aliphatic heterocycles. The first-order valence-electron chi connectivity index (χ1n) is 8.65. The molecule has 0 saturated carbocycles. The van der Waals surface area contributed by atoms with Crippen LogP contribution in [0, 0.1) is 0 Å². The SMILES string of the molecule is CCc1cccc(NC(=O)N2CCSC2c2cc(OC)cc(OC)c2)c1. The summed E-state index contributed by atoms with van der Waals surface area (Å²) < 4.78 is 10.7. The average molecular weight is 372 g/mol. The molecular weight excluding hydrogens is 348 g/mol. The Morgan fingerprint density at radius 3 is 2.58 bits per heavy atom. The van der Waals surface area contributed by atoms with Gasteiger partial charge in [0.05, 0.1) is 14.2 Å². The summed E-state index contributed by atoms with van der Waals surface area (Å²) in [5.41, 5.74) is 3.03. The van der Waals surface area contributed by atoms with E-state index < -0.39 is 0 Å². The molecule has 0 bridgehead atoms. The van der Waals surface area contributed by atoms with Gasteiger partial charge in [0.1, 0.15) is 16.9 Å². The van der Waals surface area contributed by atoms with Crippen molar-refractivity contribution >= 4 is 23.5 Å². The lowest BCUT2D eigenvalue weighted by atomic mass is 10.1. The van der Waals surface area contributed by atoms with Crippen molar-refractivity contribution in [3.05, 3.63) is 53.6 Å². The lowest BCUT2D eigenvalue weighted by molar-refractivity contribution is 0.214. The van der Waals surface area contributed by atoms with Crippen molar-refractivity contribution in [1.82, 2.24) is 4.90 Å². The number of rotatable bonds is 5. The minimum absolute atomic E-state index is 0.0617. The van der Waals surface area contributed by atoms with E-state index in [1.54, 1.807) is 26.0 Å². The van der Waals surface area contributed by atoms with Crippen molar-refractivity contribution in [2.75, 3.05) is 31.8 Å². The number of hydrogen-bond acceptors (Lipinski definition) is 4. The maximum Gasteiger partial charge on any atom is 0.323 e. The Bertz CT molecular complexity index is 759. The van der Waals surface area contributed by atoms with Crippen molar-refractivity contribution in [3.8, 4) is 11.5 Å². The van der Waals surface area contributed by atoms with Gasteiger partial charge < -0.3 is 19.7 Å². The smallest absolute Gasteiger partial charge is 0.323 e. The highest BCUT2D eigenvalue weighted by Gasteiger charge is 2.31. The van der Waals surface area contributed by atoms with Gasteiger partial charge in [-0.2, -0.15) is 0 Å². The highest BCUT2D eigenvalue weighted by molar-refractivity contribution is 7.99. The molecule has 2 aromatic carbocycles. The number of carbonyl (C=O) groups is 1. The van der Waals surface area contributed by atoms with Gasteiger partial charge in [-0.25, -0.2) is 4.79 Å². The lowest BCUT2D eigenvalue weighted by Crippen LogP contribution is -2.34. The molecule has 1 aliphatic rings. The van der Waals surface area contributed by atoms with Gasteiger partial charge in [0.25, 0.3) is 0 Å². The Labute approximate surface area is 158 Å². The summed E-state index contributed by atoms with van der Waals surface area (Å²) in [5, 5.41) is 2.96. The molecular formula is C20H24N2O3S. The Morgan fingerprint density at radius 1 is 1.19 bits per heavy atom. The third-order valence-corrected chi connectivity index (χ3v) is 5.66. The van der Waals surface area contributed by atoms with Crippen molar-refractivity contribution in [2.45, 2.75) is 18.7 Å². The van der Waals surface area contributed by atoms with Crippen molar-refractivity contribution in [3.63, 3.8) is 0 Å².